The molecule has 5 heteroatoms. The van der Waals surface area contributed by atoms with Gasteiger partial charge in [-0.1, -0.05) is 43.0 Å². The zero-order chi connectivity index (χ0) is 15.8. The Labute approximate surface area is 130 Å². The summed E-state index contributed by atoms with van der Waals surface area (Å²) in [7, 11) is 0. The van der Waals surface area contributed by atoms with Crippen molar-refractivity contribution < 1.29 is 0 Å². The molecule has 0 atom stereocenters. The molecule has 0 saturated heterocycles. The summed E-state index contributed by atoms with van der Waals surface area (Å²) in [6, 6.07) is 19.3. The summed E-state index contributed by atoms with van der Waals surface area (Å²) in [5.41, 5.74) is 7.43. The summed E-state index contributed by atoms with van der Waals surface area (Å²) >= 11 is 0. The minimum absolute atomic E-state index is 0.375. The lowest BCUT2D eigenvalue weighted by molar-refractivity contribution is 1.29. The molecule has 0 amide bonds. The second-order valence-corrected chi connectivity index (χ2v) is 4.62. The van der Waals surface area contributed by atoms with Crippen LogP contribution < -0.4 is 16.4 Å². The van der Waals surface area contributed by atoms with Crippen LogP contribution in [0.1, 0.15) is 6.92 Å². The second kappa shape index (κ2) is 7.64. The summed E-state index contributed by atoms with van der Waals surface area (Å²) < 4.78 is 0. The Morgan fingerprint density at radius 2 is 1.36 bits per heavy atom. The van der Waals surface area contributed by atoms with E-state index in [1.54, 1.807) is 6.92 Å². The van der Waals surface area contributed by atoms with Gasteiger partial charge in [0.1, 0.15) is 5.82 Å². The van der Waals surface area contributed by atoms with E-state index in [0.717, 1.165) is 11.4 Å². The quantitative estimate of drug-likeness (QED) is 0.597. The summed E-state index contributed by atoms with van der Waals surface area (Å²) in [6.45, 7) is 5.59. The van der Waals surface area contributed by atoms with Gasteiger partial charge < -0.3 is 16.4 Å². The van der Waals surface area contributed by atoms with Crippen LogP contribution in [0.2, 0.25) is 0 Å². The minimum Gasteiger partial charge on any atom is -0.387 e. The lowest BCUT2D eigenvalue weighted by Gasteiger charge is -2.09. The van der Waals surface area contributed by atoms with Crippen LogP contribution >= 0.6 is 0 Å². The van der Waals surface area contributed by atoms with Gasteiger partial charge in [-0.3, -0.25) is 0 Å². The molecule has 2 aromatic carbocycles. The summed E-state index contributed by atoms with van der Waals surface area (Å²) in [6.07, 6.45) is 0. The summed E-state index contributed by atoms with van der Waals surface area (Å²) in [5, 5.41) is 6.21. The number of nitrogens with two attached hydrogens (primary N) is 1. The van der Waals surface area contributed by atoms with E-state index in [2.05, 4.69) is 27.2 Å². The molecule has 0 heterocycles. The van der Waals surface area contributed by atoms with Gasteiger partial charge in [-0.15, -0.1) is 0 Å². The number of amidine groups is 1. The zero-order valence-electron chi connectivity index (χ0n) is 12.5. The van der Waals surface area contributed by atoms with E-state index >= 15 is 0 Å². The Morgan fingerprint density at radius 3 is 1.86 bits per heavy atom. The Hall–Kier alpha value is -3.08. The van der Waals surface area contributed by atoms with Crippen LogP contribution in [0.25, 0.3) is 0 Å². The minimum atomic E-state index is 0.375. The first-order chi connectivity index (χ1) is 10.6. The van der Waals surface area contributed by atoms with Crippen molar-refractivity contribution in [3.05, 3.63) is 73.1 Å². The molecule has 0 aliphatic heterocycles. The van der Waals surface area contributed by atoms with Gasteiger partial charge in [0.05, 0.1) is 5.84 Å². The SMILES string of the molecule is C=C(N=C(N=C(C)N)Nc1ccccc1)Nc1ccccc1. The average Bonchev–Trinajstić information content (AvgIpc) is 2.48. The van der Waals surface area contributed by atoms with E-state index in [9.17, 15) is 0 Å². The predicted octanol–water partition coefficient (Wildman–Crippen LogP) is 3.41. The third kappa shape index (κ3) is 5.13. The number of rotatable bonds is 4. The molecular weight excluding hydrogens is 274 g/mol. The van der Waals surface area contributed by atoms with Crippen LogP contribution in [0, 0.1) is 0 Å². The maximum Gasteiger partial charge on any atom is 0.230 e. The van der Waals surface area contributed by atoms with Crippen molar-refractivity contribution in [2.75, 3.05) is 10.6 Å². The average molecular weight is 293 g/mol. The number of hydrogen-bond donors (Lipinski definition) is 3. The van der Waals surface area contributed by atoms with E-state index in [0.29, 0.717) is 17.6 Å². The normalized spacial score (nSPS) is 11.9. The Morgan fingerprint density at radius 1 is 0.864 bits per heavy atom. The van der Waals surface area contributed by atoms with Crippen LogP contribution in [-0.2, 0) is 0 Å². The fourth-order valence-corrected chi connectivity index (χ4v) is 1.74. The molecule has 0 aliphatic rings. The Balaban J connectivity index is 2.14. The van der Waals surface area contributed by atoms with Crippen molar-refractivity contribution in [2.45, 2.75) is 6.92 Å². The van der Waals surface area contributed by atoms with Gasteiger partial charge in [0.2, 0.25) is 5.96 Å². The van der Waals surface area contributed by atoms with Crippen molar-refractivity contribution in [3.8, 4) is 0 Å². The number of nitrogens with one attached hydrogen (secondary N) is 2. The molecule has 0 bridgehead atoms. The van der Waals surface area contributed by atoms with Crippen molar-refractivity contribution in [1.82, 2.24) is 0 Å². The zero-order valence-corrected chi connectivity index (χ0v) is 12.5. The van der Waals surface area contributed by atoms with Crippen molar-refractivity contribution in [2.24, 2.45) is 15.7 Å². The maximum absolute atomic E-state index is 5.65. The topological polar surface area (TPSA) is 74.8 Å². The number of anilines is 2. The molecule has 0 spiro atoms. The highest BCUT2D eigenvalue weighted by Gasteiger charge is 2.01. The highest BCUT2D eigenvalue weighted by atomic mass is 15.2. The molecule has 5 nitrogen and oxygen atoms in total. The molecule has 2 rings (SSSR count). The molecule has 0 radical (unpaired) electrons. The van der Waals surface area contributed by atoms with Crippen LogP contribution in [0.15, 0.2) is 83.0 Å². The van der Waals surface area contributed by atoms with Crippen LogP contribution in [-0.4, -0.2) is 11.8 Å². The summed E-state index contributed by atoms with van der Waals surface area (Å²) in [5.74, 6) is 1.25. The van der Waals surface area contributed by atoms with Crippen LogP contribution in [0.4, 0.5) is 11.4 Å². The van der Waals surface area contributed by atoms with Gasteiger partial charge >= 0.3 is 0 Å². The molecule has 0 saturated carbocycles. The Kier molecular flexibility index (Phi) is 5.31. The molecule has 0 fully saturated rings. The number of nitrogens with zero attached hydrogens (tertiary/aromatic N) is 2. The number of guanidine groups is 1. The fourth-order valence-electron chi connectivity index (χ4n) is 1.74. The molecule has 112 valence electrons. The molecule has 0 aliphatic carbocycles. The van der Waals surface area contributed by atoms with Crippen LogP contribution in [0.3, 0.4) is 0 Å². The highest BCUT2D eigenvalue weighted by molar-refractivity contribution is 6.02. The number of para-hydroxylation sites is 2. The number of hydrogen-bond acceptors (Lipinski definition) is 2. The van der Waals surface area contributed by atoms with Crippen LogP contribution in [0.5, 0.6) is 0 Å². The number of benzene rings is 2. The molecule has 0 aromatic heterocycles. The largest absolute Gasteiger partial charge is 0.387 e. The standard InChI is InChI=1S/C17H19N5/c1-13(18)19-17(22-16-11-7-4-8-12-16)21-14(2)20-15-9-5-3-6-10-15/h3-12,20H,2H2,1H3,(H3,18,19,21,22). The van der Waals surface area contributed by atoms with Gasteiger partial charge in [0.25, 0.3) is 0 Å². The van der Waals surface area contributed by atoms with E-state index in [1.807, 2.05) is 60.7 Å². The van der Waals surface area contributed by atoms with Gasteiger partial charge in [-0.2, -0.15) is 4.99 Å². The molecule has 0 unspecified atom stereocenters. The van der Waals surface area contributed by atoms with Crippen molar-refractivity contribution >= 4 is 23.2 Å². The van der Waals surface area contributed by atoms with Gasteiger partial charge in [0.15, 0.2) is 0 Å². The van der Waals surface area contributed by atoms with E-state index < -0.39 is 0 Å². The lowest BCUT2D eigenvalue weighted by atomic mass is 10.3. The van der Waals surface area contributed by atoms with E-state index in [4.69, 9.17) is 5.73 Å². The predicted molar refractivity (Wildman–Crippen MR) is 94.0 cm³/mol. The first-order valence-electron chi connectivity index (χ1n) is 6.86. The van der Waals surface area contributed by atoms with Gasteiger partial charge in [-0.05, 0) is 31.2 Å². The van der Waals surface area contributed by atoms with Gasteiger partial charge in [0, 0.05) is 11.4 Å². The monoisotopic (exact) mass is 293 g/mol. The molecule has 2 aromatic rings. The molecule has 4 N–H and O–H groups in total. The maximum atomic E-state index is 5.65. The van der Waals surface area contributed by atoms with Gasteiger partial charge in [-0.25, -0.2) is 4.99 Å². The second-order valence-electron chi connectivity index (χ2n) is 4.62. The van der Waals surface area contributed by atoms with Crippen molar-refractivity contribution in [1.29, 1.82) is 0 Å². The lowest BCUT2D eigenvalue weighted by Crippen LogP contribution is -2.16. The van der Waals surface area contributed by atoms with E-state index in [-0.39, 0.29) is 0 Å². The Bertz CT molecular complexity index is 671. The third-order valence-electron chi connectivity index (χ3n) is 2.62. The highest BCUT2D eigenvalue weighted by Crippen LogP contribution is 2.10. The summed E-state index contributed by atoms with van der Waals surface area (Å²) in [4.78, 5) is 8.53. The van der Waals surface area contributed by atoms with E-state index in [1.165, 1.54) is 0 Å². The smallest absolute Gasteiger partial charge is 0.230 e. The molecule has 22 heavy (non-hydrogen) atoms. The number of aliphatic imine (C=N–C) groups is 2. The van der Waals surface area contributed by atoms with Crippen molar-refractivity contribution in [3.63, 3.8) is 0 Å². The first kappa shape index (κ1) is 15.3. The third-order valence-corrected chi connectivity index (χ3v) is 2.62. The fraction of sp³-hybridized carbons (Fsp3) is 0.0588. The molecular formula is C17H19N5. The first-order valence-corrected chi connectivity index (χ1v) is 6.86.